The molecule has 5 nitrogen and oxygen atoms in total. The molecule has 0 aliphatic heterocycles. The molecule has 1 amide bonds. The van der Waals surface area contributed by atoms with E-state index in [1.807, 2.05) is 0 Å². The van der Waals surface area contributed by atoms with E-state index in [1.54, 1.807) is 23.2 Å². The molecule has 2 aromatic rings. The molecule has 0 fully saturated rings. The normalized spacial score (nSPS) is 12.9. The molecule has 0 bridgehead atoms. The number of thiazole rings is 1. The maximum absolute atomic E-state index is 13.9. The van der Waals surface area contributed by atoms with E-state index in [0.717, 1.165) is 18.2 Å². The molecule has 0 saturated carbocycles. The summed E-state index contributed by atoms with van der Waals surface area (Å²) in [6.45, 7) is 3.05. The number of amides is 1. The maximum atomic E-state index is 13.9. The van der Waals surface area contributed by atoms with E-state index in [-0.39, 0.29) is 10.5 Å². The molecule has 0 saturated heterocycles. The second-order valence-electron chi connectivity index (χ2n) is 4.95. The zero-order chi connectivity index (χ0) is 16.5. The Morgan fingerprint density at radius 2 is 2.05 bits per heavy atom. The first-order valence-corrected chi connectivity index (χ1v) is 8.88. The van der Waals surface area contributed by atoms with Gasteiger partial charge >= 0.3 is 0 Å². The van der Waals surface area contributed by atoms with Crippen LogP contribution in [0.15, 0.2) is 39.7 Å². The maximum Gasteiger partial charge on any atom is 0.282 e. The van der Waals surface area contributed by atoms with Crippen LogP contribution in [0.4, 0.5) is 4.39 Å². The van der Waals surface area contributed by atoms with Crippen molar-refractivity contribution in [2.75, 3.05) is 0 Å². The van der Waals surface area contributed by atoms with Gasteiger partial charge in [-0.25, -0.2) is 12.8 Å². The lowest BCUT2D eigenvalue weighted by atomic mass is 10.2. The van der Waals surface area contributed by atoms with E-state index in [0.29, 0.717) is 4.80 Å². The van der Waals surface area contributed by atoms with E-state index >= 15 is 0 Å². The highest BCUT2D eigenvalue weighted by atomic mass is 32.2. The van der Waals surface area contributed by atoms with Crippen LogP contribution in [0.3, 0.4) is 0 Å². The van der Waals surface area contributed by atoms with Gasteiger partial charge in [0.25, 0.3) is 5.91 Å². The standard InChI is InChI=1S/C14H15FN2O3S2/c1-9(2)22(19,20)10-4-5-12(15)11(8-10)13(18)16-14-17(3)6-7-21-14/h4-9H,1-3H3. The van der Waals surface area contributed by atoms with Gasteiger partial charge in [-0.1, -0.05) is 0 Å². The molecule has 22 heavy (non-hydrogen) atoms. The molecule has 1 aromatic heterocycles. The number of carbonyl (C=O) groups excluding carboxylic acids is 1. The molecule has 0 aliphatic carbocycles. The van der Waals surface area contributed by atoms with Gasteiger partial charge in [-0.15, -0.1) is 11.3 Å². The van der Waals surface area contributed by atoms with E-state index in [1.165, 1.54) is 25.2 Å². The lowest BCUT2D eigenvalue weighted by Crippen LogP contribution is -2.16. The largest absolute Gasteiger partial charge is 0.327 e. The Hall–Kier alpha value is -1.80. The summed E-state index contributed by atoms with van der Waals surface area (Å²) in [5, 5.41) is 1.08. The summed E-state index contributed by atoms with van der Waals surface area (Å²) < 4.78 is 39.7. The predicted octanol–water partition coefficient (Wildman–Crippen LogP) is 2.15. The highest BCUT2D eigenvalue weighted by molar-refractivity contribution is 7.92. The van der Waals surface area contributed by atoms with Gasteiger partial charge in [0.1, 0.15) is 5.82 Å². The van der Waals surface area contributed by atoms with Crippen molar-refractivity contribution in [3.05, 3.63) is 46.0 Å². The third kappa shape index (κ3) is 3.17. The minimum absolute atomic E-state index is 0.0852. The number of carbonyl (C=O) groups is 1. The minimum atomic E-state index is -3.58. The first kappa shape index (κ1) is 16.6. The van der Waals surface area contributed by atoms with Crippen LogP contribution in [0.2, 0.25) is 0 Å². The molecule has 1 aromatic carbocycles. The van der Waals surface area contributed by atoms with Crippen molar-refractivity contribution in [1.82, 2.24) is 4.57 Å². The second kappa shape index (κ2) is 6.13. The molecule has 0 N–H and O–H groups in total. The Labute approximate surface area is 131 Å². The molecule has 0 atom stereocenters. The number of aryl methyl sites for hydroxylation is 1. The van der Waals surface area contributed by atoms with Crippen LogP contribution < -0.4 is 4.80 Å². The number of benzene rings is 1. The third-order valence-corrected chi connectivity index (χ3v) is 6.07. The summed E-state index contributed by atoms with van der Waals surface area (Å²) in [6.07, 6.45) is 1.72. The van der Waals surface area contributed by atoms with Gasteiger partial charge in [-0.3, -0.25) is 4.79 Å². The van der Waals surface area contributed by atoms with E-state index in [2.05, 4.69) is 4.99 Å². The number of halogens is 1. The average Bonchev–Trinajstić information content (AvgIpc) is 2.84. The molecule has 2 rings (SSSR count). The Balaban J connectivity index is 2.53. The lowest BCUT2D eigenvalue weighted by Gasteiger charge is -2.09. The summed E-state index contributed by atoms with van der Waals surface area (Å²) in [4.78, 5) is 16.3. The zero-order valence-corrected chi connectivity index (χ0v) is 13.9. The highest BCUT2D eigenvalue weighted by Gasteiger charge is 2.22. The van der Waals surface area contributed by atoms with Crippen molar-refractivity contribution < 1.29 is 17.6 Å². The van der Waals surface area contributed by atoms with Crippen molar-refractivity contribution in [1.29, 1.82) is 0 Å². The van der Waals surface area contributed by atoms with Gasteiger partial charge in [0.15, 0.2) is 14.6 Å². The molecular weight excluding hydrogens is 327 g/mol. The third-order valence-electron chi connectivity index (χ3n) is 3.07. The number of hydrogen-bond donors (Lipinski definition) is 0. The van der Waals surface area contributed by atoms with Crippen molar-refractivity contribution in [2.45, 2.75) is 24.0 Å². The smallest absolute Gasteiger partial charge is 0.282 e. The van der Waals surface area contributed by atoms with E-state index in [9.17, 15) is 17.6 Å². The molecular formula is C14H15FN2O3S2. The summed E-state index contributed by atoms with van der Waals surface area (Å²) in [5.74, 6) is -1.60. The molecule has 0 aliphatic rings. The Bertz CT molecular complexity index is 879. The van der Waals surface area contributed by atoms with Crippen LogP contribution in [0.25, 0.3) is 0 Å². The van der Waals surface area contributed by atoms with Crippen LogP contribution in [0, 0.1) is 5.82 Å². The van der Waals surface area contributed by atoms with Crippen molar-refractivity contribution in [3.63, 3.8) is 0 Å². The van der Waals surface area contributed by atoms with E-state index < -0.39 is 26.8 Å². The van der Waals surface area contributed by atoms with Gasteiger partial charge in [0.2, 0.25) is 0 Å². The summed E-state index contributed by atoms with van der Waals surface area (Å²) in [5.41, 5.74) is -0.352. The fraction of sp³-hybridized carbons (Fsp3) is 0.286. The molecule has 118 valence electrons. The predicted molar refractivity (Wildman–Crippen MR) is 81.9 cm³/mol. The minimum Gasteiger partial charge on any atom is -0.327 e. The number of aromatic nitrogens is 1. The topological polar surface area (TPSA) is 68.5 Å². The van der Waals surface area contributed by atoms with Crippen molar-refractivity contribution in [2.24, 2.45) is 12.0 Å². The Morgan fingerprint density at radius 1 is 1.36 bits per heavy atom. The van der Waals surface area contributed by atoms with Crippen LogP contribution in [0.1, 0.15) is 24.2 Å². The lowest BCUT2D eigenvalue weighted by molar-refractivity contribution is 0.0994. The Kier molecular flexibility index (Phi) is 4.62. The molecule has 8 heteroatoms. The average molecular weight is 342 g/mol. The SMILES string of the molecule is CC(C)S(=O)(=O)c1ccc(F)c(C(=O)N=c2sccn2C)c1. The number of hydrogen-bond acceptors (Lipinski definition) is 4. The van der Waals surface area contributed by atoms with E-state index in [4.69, 9.17) is 0 Å². The number of sulfone groups is 1. The monoisotopic (exact) mass is 342 g/mol. The summed E-state index contributed by atoms with van der Waals surface area (Å²) >= 11 is 1.23. The van der Waals surface area contributed by atoms with Gasteiger partial charge in [0, 0.05) is 18.6 Å². The zero-order valence-electron chi connectivity index (χ0n) is 12.3. The molecule has 0 spiro atoms. The number of nitrogens with zero attached hydrogens (tertiary/aromatic N) is 2. The van der Waals surface area contributed by atoms with Gasteiger partial charge in [0.05, 0.1) is 15.7 Å². The van der Waals surface area contributed by atoms with Crippen molar-refractivity contribution >= 4 is 27.1 Å². The molecule has 0 radical (unpaired) electrons. The quantitative estimate of drug-likeness (QED) is 0.803. The first-order valence-electron chi connectivity index (χ1n) is 6.46. The van der Waals surface area contributed by atoms with Gasteiger partial charge in [-0.05, 0) is 32.0 Å². The summed E-state index contributed by atoms with van der Waals surface area (Å²) in [7, 11) is -1.88. The summed E-state index contributed by atoms with van der Waals surface area (Å²) in [6, 6.07) is 3.18. The van der Waals surface area contributed by atoms with Gasteiger partial charge < -0.3 is 4.57 Å². The molecule has 0 unspecified atom stereocenters. The van der Waals surface area contributed by atoms with Crippen LogP contribution in [-0.2, 0) is 16.9 Å². The van der Waals surface area contributed by atoms with Crippen LogP contribution in [0.5, 0.6) is 0 Å². The fourth-order valence-corrected chi connectivity index (χ4v) is 3.51. The van der Waals surface area contributed by atoms with Crippen molar-refractivity contribution in [3.8, 4) is 0 Å². The Morgan fingerprint density at radius 3 is 2.59 bits per heavy atom. The molecule has 1 heterocycles. The first-order chi connectivity index (χ1) is 10.2. The fourth-order valence-electron chi connectivity index (χ4n) is 1.70. The number of rotatable bonds is 3. The van der Waals surface area contributed by atoms with Crippen LogP contribution >= 0.6 is 11.3 Å². The van der Waals surface area contributed by atoms with Crippen LogP contribution in [-0.4, -0.2) is 24.1 Å². The highest BCUT2D eigenvalue weighted by Crippen LogP contribution is 2.20. The van der Waals surface area contributed by atoms with Gasteiger partial charge in [-0.2, -0.15) is 4.99 Å². The second-order valence-corrected chi connectivity index (χ2v) is 8.33.